The molecule has 0 aromatic heterocycles. The maximum absolute atomic E-state index is 10.9. The van der Waals surface area contributed by atoms with Crippen molar-refractivity contribution in [1.82, 2.24) is 0 Å². The zero-order chi connectivity index (χ0) is 17.7. The number of aldehydes is 4. The summed E-state index contributed by atoms with van der Waals surface area (Å²) in [5, 5.41) is 42.1. The maximum Gasteiger partial charge on any atom is 0.134 e. The van der Waals surface area contributed by atoms with Gasteiger partial charge in [-0.3, -0.25) is 0 Å². The van der Waals surface area contributed by atoms with Crippen LogP contribution in [0.2, 0.25) is 0 Å². The summed E-state index contributed by atoms with van der Waals surface area (Å²) < 4.78 is 5.17. The molecule has 0 radical (unpaired) electrons. The van der Waals surface area contributed by atoms with Gasteiger partial charge in [0.25, 0.3) is 0 Å². The van der Waals surface area contributed by atoms with Crippen LogP contribution in [-0.4, -0.2) is 81.2 Å². The van der Waals surface area contributed by atoms with Crippen LogP contribution in [0.25, 0.3) is 0 Å². The molecule has 1 heterocycles. The molecular formula is C14H20O9. The number of carbonyl (C=O) groups is 4. The third-order valence-electron chi connectivity index (χ3n) is 4.34. The molecule has 0 aliphatic carbocycles. The normalized spacial score (nSPS) is 38.5. The summed E-state index contributed by atoms with van der Waals surface area (Å²) in [6.45, 7) is -0.683. The number of rotatable bonds is 9. The first-order chi connectivity index (χ1) is 10.8. The SMILES string of the molecule is O=CCC(O)[C@H]1OC[C@@](O)(CC=O)[C@](O)(CC=O)[C@@]1(O)CC=O. The Balaban J connectivity index is 3.44. The van der Waals surface area contributed by atoms with Crippen LogP contribution in [0.5, 0.6) is 0 Å². The van der Waals surface area contributed by atoms with Gasteiger partial charge in [-0.15, -0.1) is 0 Å². The van der Waals surface area contributed by atoms with E-state index in [4.69, 9.17) is 4.74 Å². The van der Waals surface area contributed by atoms with Crippen LogP contribution < -0.4 is 0 Å². The molecule has 0 amide bonds. The molecule has 1 aliphatic rings. The molecule has 130 valence electrons. The third-order valence-corrected chi connectivity index (χ3v) is 4.34. The first-order valence-corrected chi connectivity index (χ1v) is 6.97. The van der Waals surface area contributed by atoms with Gasteiger partial charge in [0.1, 0.15) is 48.1 Å². The number of hydrogen-bond donors (Lipinski definition) is 4. The predicted octanol–water partition coefficient (Wildman–Crippen LogP) is -2.70. The maximum atomic E-state index is 10.9. The number of aliphatic hydroxyl groups excluding tert-OH is 1. The minimum atomic E-state index is -2.63. The van der Waals surface area contributed by atoms with Crippen molar-refractivity contribution in [3.63, 3.8) is 0 Å². The highest BCUT2D eigenvalue weighted by molar-refractivity contribution is 5.60. The minimum Gasteiger partial charge on any atom is -0.390 e. The van der Waals surface area contributed by atoms with Crippen molar-refractivity contribution in [2.75, 3.05) is 6.61 Å². The summed E-state index contributed by atoms with van der Waals surface area (Å²) in [6.07, 6.45) is -4.90. The Bertz CT molecular complexity index is 467. The topological polar surface area (TPSA) is 158 Å². The van der Waals surface area contributed by atoms with E-state index in [1.807, 2.05) is 0 Å². The van der Waals surface area contributed by atoms with E-state index in [0.29, 0.717) is 6.29 Å². The second-order valence-electron chi connectivity index (χ2n) is 5.63. The van der Waals surface area contributed by atoms with Gasteiger partial charge in [-0.2, -0.15) is 0 Å². The summed E-state index contributed by atoms with van der Waals surface area (Å²) in [6, 6.07) is 0. The molecule has 0 spiro atoms. The Morgan fingerprint density at radius 2 is 1.52 bits per heavy atom. The second kappa shape index (κ2) is 7.37. The zero-order valence-corrected chi connectivity index (χ0v) is 12.3. The van der Waals surface area contributed by atoms with Crippen molar-refractivity contribution in [2.45, 2.75) is 54.7 Å². The number of carbonyl (C=O) groups excluding carboxylic acids is 4. The Kier molecular flexibility index (Phi) is 6.25. The molecule has 0 bridgehead atoms. The molecule has 1 fully saturated rings. The number of ether oxygens (including phenoxy) is 1. The lowest BCUT2D eigenvalue weighted by Gasteiger charge is -2.58. The Hall–Kier alpha value is -1.52. The quantitative estimate of drug-likeness (QED) is 0.329. The average Bonchev–Trinajstić information content (AvgIpc) is 2.47. The summed E-state index contributed by atoms with van der Waals surface area (Å²) in [5.74, 6) is 0. The molecule has 0 aromatic rings. The van der Waals surface area contributed by atoms with E-state index in [9.17, 15) is 39.6 Å². The summed E-state index contributed by atoms with van der Waals surface area (Å²) in [5.41, 5.74) is -7.55. The van der Waals surface area contributed by atoms with Gasteiger partial charge in [0, 0.05) is 25.7 Å². The lowest BCUT2D eigenvalue weighted by atomic mass is 9.62. The van der Waals surface area contributed by atoms with Gasteiger partial charge in [0.2, 0.25) is 0 Å². The van der Waals surface area contributed by atoms with E-state index >= 15 is 0 Å². The smallest absolute Gasteiger partial charge is 0.134 e. The van der Waals surface area contributed by atoms with Crippen molar-refractivity contribution in [2.24, 2.45) is 0 Å². The molecule has 0 saturated carbocycles. The van der Waals surface area contributed by atoms with Crippen LogP contribution in [0.4, 0.5) is 0 Å². The lowest BCUT2D eigenvalue weighted by molar-refractivity contribution is -0.339. The fraction of sp³-hybridized carbons (Fsp3) is 0.714. The van der Waals surface area contributed by atoms with E-state index in [1.165, 1.54) is 0 Å². The van der Waals surface area contributed by atoms with E-state index in [0.717, 1.165) is 0 Å². The second-order valence-corrected chi connectivity index (χ2v) is 5.63. The van der Waals surface area contributed by atoms with Gasteiger partial charge < -0.3 is 44.3 Å². The molecule has 1 saturated heterocycles. The van der Waals surface area contributed by atoms with Crippen molar-refractivity contribution in [1.29, 1.82) is 0 Å². The average molecular weight is 332 g/mol. The van der Waals surface area contributed by atoms with Crippen molar-refractivity contribution in [3.8, 4) is 0 Å². The van der Waals surface area contributed by atoms with Crippen LogP contribution in [-0.2, 0) is 23.9 Å². The molecule has 1 aliphatic heterocycles. The monoisotopic (exact) mass is 332 g/mol. The Morgan fingerprint density at radius 3 is 2.00 bits per heavy atom. The van der Waals surface area contributed by atoms with E-state index in [2.05, 4.69) is 0 Å². The molecule has 0 aromatic carbocycles. The van der Waals surface area contributed by atoms with Gasteiger partial charge >= 0.3 is 0 Å². The zero-order valence-electron chi connectivity index (χ0n) is 12.3. The Morgan fingerprint density at radius 1 is 0.957 bits per heavy atom. The van der Waals surface area contributed by atoms with Crippen LogP contribution in [0, 0.1) is 0 Å². The van der Waals surface area contributed by atoms with Crippen molar-refractivity contribution >= 4 is 25.1 Å². The van der Waals surface area contributed by atoms with Gasteiger partial charge in [-0.25, -0.2) is 0 Å². The molecule has 9 heteroatoms. The first kappa shape index (κ1) is 19.5. The van der Waals surface area contributed by atoms with Crippen LogP contribution in [0.1, 0.15) is 25.7 Å². The lowest BCUT2D eigenvalue weighted by Crippen LogP contribution is -2.78. The van der Waals surface area contributed by atoms with Crippen LogP contribution >= 0.6 is 0 Å². The highest BCUT2D eigenvalue weighted by atomic mass is 16.5. The molecule has 5 atom stereocenters. The van der Waals surface area contributed by atoms with Crippen LogP contribution in [0.15, 0.2) is 0 Å². The number of aliphatic hydroxyl groups is 4. The third kappa shape index (κ3) is 3.10. The number of hydrogen-bond acceptors (Lipinski definition) is 9. The summed E-state index contributed by atoms with van der Waals surface area (Å²) in [7, 11) is 0. The van der Waals surface area contributed by atoms with Crippen molar-refractivity contribution < 1.29 is 44.3 Å². The van der Waals surface area contributed by atoms with E-state index in [1.54, 1.807) is 0 Å². The predicted molar refractivity (Wildman–Crippen MR) is 73.3 cm³/mol. The highest BCUT2D eigenvalue weighted by Gasteiger charge is 2.68. The fourth-order valence-corrected chi connectivity index (χ4v) is 3.04. The van der Waals surface area contributed by atoms with Gasteiger partial charge in [-0.1, -0.05) is 0 Å². The van der Waals surface area contributed by atoms with Gasteiger partial charge in [0.15, 0.2) is 0 Å². The van der Waals surface area contributed by atoms with Crippen LogP contribution in [0.3, 0.4) is 0 Å². The summed E-state index contributed by atoms with van der Waals surface area (Å²) >= 11 is 0. The van der Waals surface area contributed by atoms with E-state index in [-0.39, 0.29) is 18.9 Å². The molecule has 1 rings (SSSR count). The summed E-state index contributed by atoms with van der Waals surface area (Å²) in [4.78, 5) is 43.3. The van der Waals surface area contributed by atoms with Crippen molar-refractivity contribution in [3.05, 3.63) is 0 Å². The minimum absolute atomic E-state index is 0.208. The molecule has 9 nitrogen and oxygen atoms in total. The fourth-order valence-electron chi connectivity index (χ4n) is 3.04. The first-order valence-electron chi connectivity index (χ1n) is 6.97. The molecule has 1 unspecified atom stereocenters. The highest BCUT2D eigenvalue weighted by Crippen LogP contribution is 2.47. The molecular weight excluding hydrogens is 312 g/mol. The molecule has 4 N–H and O–H groups in total. The van der Waals surface area contributed by atoms with Gasteiger partial charge in [-0.05, 0) is 0 Å². The Labute approximate surface area is 131 Å². The molecule has 23 heavy (non-hydrogen) atoms. The van der Waals surface area contributed by atoms with Gasteiger partial charge in [0.05, 0.1) is 12.7 Å². The van der Waals surface area contributed by atoms with E-state index < -0.39 is 61.3 Å². The standard InChI is InChI=1S/C14H20O9/c15-5-1-10(19)11-13(21,3-7-17)14(22,4-8-18)12(20,2-6-16)9-23-11/h5-8,10-11,19-22H,1-4,9H2/t10?,11-,12+,13-,14-/m1/s1. The largest absolute Gasteiger partial charge is 0.390 e.